The Balaban J connectivity index is 1.83. The minimum atomic E-state index is -0.928. The monoisotopic (exact) mass is 421 g/mol. The third-order valence-corrected chi connectivity index (χ3v) is 6.23. The van der Waals surface area contributed by atoms with Gasteiger partial charge in [-0.2, -0.15) is 5.10 Å². The molecule has 3 heterocycles. The fraction of sp³-hybridized carbons (Fsp3) is 0.333. The Labute approximate surface area is 178 Å². The number of H-pyrrole nitrogens is 1. The quantitative estimate of drug-likeness (QED) is 0.484. The first kappa shape index (κ1) is 19.8. The maximum Gasteiger partial charge on any atom is 0.332 e. The number of carboxylic acids is 1. The van der Waals surface area contributed by atoms with Crippen LogP contribution in [0.5, 0.6) is 0 Å². The van der Waals surface area contributed by atoms with Crippen LogP contribution in [-0.2, 0) is 9.53 Å². The van der Waals surface area contributed by atoms with E-state index in [0.717, 1.165) is 38.8 Å². The molecule has 0 bridgehead atoms. The average molecular weight is 421 g/mol. The van der Waals surface area contributed by atoms with Crippen LogP contribution in [-0.4, -0.2) is 38.6 Å². The van der Waals surface area contributed by atoms with Crippen LogP contribution in [0.25, 0.3) is 27.5 Å². The summed E-state index contributed by atoms with van der Waals surface area (Å²) < 4.78 is 21.8. The molecule has 4 aromatic rings. The van der Waals surface area contributed by atoms with Crippen molar-refractivity contribution in [3.05, 3.63) is 59.2 Å². The molecule has 0 spiro atoms. The van der Waals surface area contributed by atoms with Gasteiger partial charge in [0.05, 0.1) is 23.8 Å². The molecule has 2 N–H and O–H groups in total. The molecular formula is C24H24FN3O3. The minimum Gasteiger partial charge on any atom is -0.479 e. The summed E-state index contributed by atoms with van der Waals surface area (Å²) in [4.78, 5) is 11.5. The van der Waals surface area contributed by atoms with Gasteiger partial charge in [0.15, 0.2) is 6.10 Å². The number of aryl methyl sites for hydroxylation is 1. The van der Waals surface area contributed by atoms with Crippen molar-refractivity contribution in [1.29, 1.82) is 0 Å². The number of nitrogens with zero attached hydrogens (tertiary/aromatic N) is 2. The highest BCUT2D eigenvalue weighted by Gasteiger charge is 2.36. The van der Waals surface area contributed by atoms with Crippen LogP contribution in [0.4, 0.5) is 4.39 Å². The highest BCUT2D eigenvalue weighted by atomic mass is 19.1. The minimum absolute atomic E-state index is 0.0378. The fourth-order valence-electron chi connectivity index (χ4n) is 4.81. The summed E-state index contributed by atoms with van der Waals surface area (Å²) in [6, 6.07) is 9.32. The molecule has 5 rings (SSSR count). The summed E-state index contributed by atoms with van der Waals surface area (Å²) >= 11 is 0. The summed E-state index contributed by atoms with van der Waals surface area (Å²) in [5.41, 5.74) is 5.58. The van der Waals surface area contributed by atoms with E-state index >= 15 is 0 Å². The van der Waals surface area contributed by atoms with Gasteiger partial charge in [-0.3, -0.25) is 5.10 Å². The van der Waals surface area contributed by atoms with Crippen molar-refractivity contribution in [3.8, 4) is 5.69 Å². The van der Waals surface area contributed by atoms with Crippen molar-refractivity contribution >= 4 is 27.8 Å². The van der Waals surface area contributed by atoms with Crippen molar-refractivity contribution in [2.45, 2.75) is 45.1 Å². The van der Waals surface area contributed by atoms with Gasteiger partial charge in [0.1, 0.15) is 5.82 Å². The van der Waals surface area contributed by atoms with Gasteiger partial charge >= 0.3 is 5.97 Å². The number of aliphatic carboxylic acids is 1. The van der Waals surface area contributed by atoms with E-state index in [4.69, 9.17) is 4.74 Å². The fourth-order valence-corrected chi connectivity index (χ4v) is 4.81. The number of aromatic amines is 1. The number of fused-ring (bicyclic) bond motifs is 2. The molecule has 0 amide bonds. The second kappa shape index (κ2) is 7.20. The highest BCUT2D eigenvalue weighted by molar-refractivity contribution is 5.99. The molecule has 2 aromatic heterocycles. The highest BCUT2D eigenvalue weighted by Crippen LogP contribution is 2.43. The van der Waals surface area contributed by atoms with Crippen LogP contribution in [0.1, 0.15) is 48.9 Å². The molecule has 1 aliphatic rings. The van der Waals surface area contributed by atoms with Crippen LogP contribution < -0.4 is 0 Å². The Morgan fingerprint density at radius 1 is 1.32 bits per heavy atom. The van der Waals surface area contributed by atoms with Crippen LogP contribution in [0.15, 0.2) is 36.5 Å². The zero-order valence-electron chi connectivity index (χ0n) is 17.6. The smallest absolute Gasteiger partial charge is 0.332 e. The Kier molecular flexibility index (Phi) is 4.59. The van der Waals surface area contributed by atoms with Crippen molar-refractivity contribution in [2.24, 2.45) is 0 Å². The van der Waals surface area contributed by atoms with E-state index in [1.165, 1.54) is 6.07 Å². The van der Waals surface area contributed by atoms with Crippen LogP contribution in [0.2, 0.25) is 0 Å². The SMILES string of the molecule is Cc1cc(-n2c(C(C)C)c([C@H]3CO[C@H](C(=O)O)C3)c3cc4[nH]ncc4cc32)ccc1F. The third-order valence-electron chi connectivity index (χ3n) is 6.23. The van der Waals surface area contributed by atoms with Crippen molar-refractivity contribution in [2.75, 3.05) is 6.61 Å². The predicted molar refractivity (Wildman–Crippen MR) is 116 cm³/mol. The van der Waals surface area contributed by atoms with Crippen molar-refractivity contribution < 1.29 is 19.0 Å². The molecule has 160 valence electrons. The molecule has 0 saturated carbocycles. The molecule has 1 fully saturated rings. The van der Waals surface area contributed by atoms with Gasteiger partial charge in [-0.1, -0.05) is 13.8 Å². The van der Waals surface area contributed by atoms with Gasteiger partial charge in [-0.15, -0.1) is 0 Å². The van der Waals surface area contributed by atoms with E-state index in [1.807, 2.05) is 6.07 Å². The third kappa shape index (κ3) is 3.11. The number of ether oxygens (including phenoxy) is 1. The first-order valence-electron chi connectivity index (χ1n) is 10.5. The van der Waals surface area contributed by atoms with E-state index in [0.29, 0.717) is 18.6 Å². The summed E-state index contributed by atoms with van der Waals surface area (Å²) in [6.07, 6.45) is 1.42. The molecule has 0 unspecified atom stereocenters. The number of carbonyl (C=O) groups is 1. The molecule has 1 aliphatic heterocycles. The van der Waals surface area contributed by atoms with Crippen LogP contribution >= 0.6 is 0 Å². The maximum atomic E-state index is 14.0. The molecule has 2 aromatic carbocycles. The Hall–Kier alpha value is -3.19. The Morgan fingerprint density at radius 2 is 2.13 bits per heavy atom. The Bertz CT molecular complexity index is 1320. The second-order valence-electron chi connectivity index (χ2n) is 8.64. The lowest BCUT2D eigenvalue weighted by molar-refractivity contribution is -0.147. The lowest BCUT2D eigenvalue weighted by Crippen LogP contribution is -2.18. The summed E-state index contributed by atoms with van der Waals surface area (Å²) in [6.45, 7) is 6.38. The Morgan fingerprint density at radius 3 is 2.81 bits per heavy atom. The van der Waals surface area contributed by atoms with Crippen LogP contribution in [0, 0.1) is 12.7 Å². The molecule has 0 radical (unpaired) electrons. The normalized spacial score (nSPS) is 19.1. The number of rotatable bonds is 4. The molecule has 31 heavy (non-hydrogen) atoms. The number of halogens is 1. The second-order valence-corrected chi connectivity index (χ2v) is 8.64. The van der Waals surface area contributed by atoms with Crippen molar-refractivity contribution in [3.63, 3.8) is 0 Å². The first-order chi connectivity index (χ1) is 14.8. The largest absolute Gasteiger partial charge is 0.479 e. The molecule has 6 nitrogen and oxygen atoms in total. The van der Waals surface area contributed by atoms with E-state index in [-0.39, 0.29) is 17.7 Å². The molecule has 1 saturated heterocycles. The van der Waals surface area contributed by atoms with Gasteiger partial charge in [0, 0.05) is 28.1 Å². The summed E-state index contributed by atoms with van der Waals surface area (Å²) in [5.74, 6) is -1.04. The van der Waals surface area contributed by atoms with Gasteiger partial charge < -0.3 is 14.4 Å². The van der Waals surface area contributed by atoms with Gasteiger partial charge in [-0.05, 0) is 60.7 Å². The molecule has 7 heteroatoms. The number of hydrogen-bond acceptors (Lipinski definition) is 3. The number of benzene rings is 2. The number of hydrogen-bond donors (Lipinski definition) is 2. The van der Waals surface area contributed by atoms with Gasteiger partial charge in [0.2, 0.25) is 0 Å². The maximum absolute atomic E-state index is 14.0. The summed E-state index contributed by atoms with van der Waals surface area (Å²) in [7, 11) is 0. The van der Waals surface area contributed by atoms with E-state index in [2.05, 4.69) is 40.7 Å². The van der Waals surface area contributed by atoms with E-state index < -0.39 is 12.1 Å². The van der Waals surface area contributed by atoms with Gasteiger partial charge in [0.25, 0.3) is 0 Å². The average Bonchev–Trinajstić information content (AvgIpc) is 3.44. The molecule has 2 atom stereocenters. The standard InChI is InChI=1S/C24H24FN3O3/c1-12(2)23-22(15-8-21(24(29)30)31-11-15)17-9-19-14(10-26-27-19)7-20(17)28(23)16-4-5-18(25)13(3)6-16/h4-7,9-10,12,15,21H,8,11H2,1-3H3,(H,26,27)(H,29,30)/t15-,21+/m1/s1. The number of nitrogens with one attached hydrogen (secondary N) is 1. The van der Waals surface area contributed by atoms with E-state index in [1.54, 1.807) is 19.2 Å². The lowest BCUT2D eigenvalue weighted by Gasteiger charge is -2.18. The van der Waals surface area contributed by atoms with Crippen LogP contribution in [0.3, 0.4) is 0 Å². The first-order valence-corrected chi connectivity index (χ1v) is 10.5. The lowest BCUT2D eigenvalue weighted by atomic mass is 9.90. The summed E-state index contributed by atoms with van der Waals surface area (Å²) in [5, 5.41) is 18.7. The zero-order chi connectivity index (χ0) is 21.9. The van der Waals surface area contributed by atoms with Gasteiger partial charge in [-0.25, -0.2) is 9.18 Å². The topological polar surface area (TPSA) is 80.1 Å². The zero-order valence-corrected chi connectivity index (χ0v) is 17.6. The van der Waals surface area contributed by atoms with Crippen molar-refractivity contribution in [1.82, 2.24) is 14.8 Å². The number of aromatic nitrogens is 3. The molecular weight excluding hydrogens is 397 g/mol. The number of carboxylic acid groups (broad SMARTS) is 1. The van der Waals surface area contributed by atoms with E-state index in [9.17, 15) is 14.3 Å². The molecule has 0 aliphatic carbocycles. The predicted octanol–water partition coefficient (Wildman–Crippen LogP) is 5.03.